The van der Waals surface area contributed by atoms with E-state index < -0.39 is 0 Å². The normalized spacial score (nSPS) is 14.5. The Bertz CT molecular complexity index is 1040. The van der Waals surface area contributed by atoms with Gasteiger partial charge in [-0.1, -0.05) is 6.07 Å². The van der Waals surface area contributed by atoms with E-state index in [4.69, 9.17) is 0 Å². The number of aryl methyl sites for hydroxylation is 1. The second-order valence-electron chi connectivity index (χ2n) is 7.85. The molecule has 0 radical (unpaired) electrons. The number of likely N-dealkylation sites (N-methyl/N-ethyl adjacent to an activating group) is 1. The van der Waals surface area contributed by atoms with E-state index >= 15 is 0 Å². The van der Waals surface area contributed by atoms with Crippen molar-refractivity contribution in [3.05, 3.63) is 72.1 Å². The van der Waals surface area contributed by atoms with Gasteiger partial charge in [-0.3, -0.25) is 0 Å². The number of amides is 2. The van der Waals surface area contributed by atoms with Gasteiger partial charge in [-0.2, -0.15) is 0 Å². The molecule has 2 amide bonds. The van der Waals surface area contributed by atoms with Crippen LogP contribution in [-0.4, -0.2) is 53.7 Å². The summed E-state index contributed by atoms with van der Waals surface area (Å²) in [5.74, 6) is -0.368. The van der Waals surface area contributed by atoms with Gasteiger partial charge in [0.25, 0.3) is 0 Å². The van der Waals surface area contributed by atoms with Gasteiger partial charge in [0, 0.05) is 56.5 Å². The third-order valence-corrected chi connectivity index (χ3v) is 5.57. The van der Waals surface area contributed by atoms with Gasteiger partial charge in [0.15, 0.2) is 0 Å². The molecule has 0 unspecified atom stereocenters. The number of hydrogen-bond donors (Lipinski definition) is 2. The third kappa shape index (κ3) is 5.03. The second kappa shape index (κ2) is 9.18. The zero-order valence-corrected chi connectivity index (χ0v) is 17.8. The highest BCUT2D eigenvalue weighted by Crippen LogP contribution is 2.23. The Kier molecular flexibility index (Phi) is 6.18. The fourth-order valence-corrected chi connectivity index (χ4v) is 3.67. The number of halogens is 1. The van der Waals surface area contributed by atoms with Gasteiger partial charge in [0.1, 0.15) is 5.82 Å². The molecular formula is C23H27FN6O. The van der Waals surface area contributed by atoms with Crippen LogP contribution >= 0.6 is 0 Å². The number of nitrogens with one attached hydrogen (secondary N) is 2. The van der Waals surface area contributed by atoms with Gasteiger partial charge in [0.05, 0.1) is 12.0 Å². The Morgan fingerprint density at radius 3 is 2.61 bits per heavy atom. The minimum atomic E-state index is -0.368. The van der Waals surface area contributed by atoms with Crippen molar-refractivity contribution >= 4 is 17.4 Å². The average molecular weight is 423 g/mol. The number of aromatic nitrogens is 2. The van der Waals surface area contributed by atoms with Crippen LogP contribution in [0.4, 0.5) is 20.6 Å². The summed E-state index contributed by atoms with van der Waals surface area (Å²) in [6, 6.07) is 10.6. The number of nitrogens with zero attached hydrogens (tertiary/aromatic N) is 4. The summed E-state index contributed by atoms with van der Waals surface area (Å²) in [5, 5.41) is 5.67. The van der Waals surface area contributed by atoms with Gasteiger partial charge in [-0.05, 0) is 55.4 Å². The van der Waals surface area contributed by atoms with E-state index in [1.807, 2.05) is 19.1 Å². The first-order valence-electron chi connectivity index (χ1n) is 10.4. The van der Waals surface area contributed by atoms with Crippen molar-refractivity contribution in [2.75, 3.05) is 43.4 Å². The summed E-state index contributed by atoms with van der Waals surface area (Å²) in [5.41, 5.74) is 4.03. The molecule has 2 N–H and O–H groups in total. The minimum absolute atomic E-state index is 0.228. The number of carbonyl (C=O) groups excluding carboxylic acids is 1. The van der Waals surface area contributed by atoms with Crippen LogP contribution in [-0.2, 0) is 6.54 Å². The number of hydrogen-bond acceptors (Lipinski definition) is 4. The lowest BCUT2D eigenvalue weighted by atomic mass is 10.1. The largest absolute Gasteiger partial charge is 0.369 e. The highest BCUT2D eigenvalue weighted by atomic mass is 19.1. The quantitative estimate of drug-likeness (QED) is 0.662. The number of urea groups is 1. The highest BCUT2D eigenvalue weighted by molar-refractivity contribution is 5.90. The molecule has 4 rings (SSSR count). The maximum atomic E-state index is 14.4. The van der Waals surface area contributed by atoms with Crippen LogP contribution in [0.5, 0.6) is 0 Å². The van der Waals surface area contributed by atoms with Crippen LogP contribution in [0.15, 0.2) is 55.1 Å². The number of piperazine rings is 1. The van der Waals surface area contributed by atoms with Gasteiger partial charge in [-0.15, -0.1) is 0 Å². The van der Waals surface area contributed by atoms with Crippen molar-refractivity contribution in [3.63, 3.8) is 0 Å². The smallest absolute Gasteiger partial charge is 0.319 e. The van der Waals surface area contributed by atoms with E-state index in [0.29, 0.717) is 11.3 Å². The monoisotopic (exact) mass is 422 g/mol. The van der Waals surface area contributed by atoms with Gasteiger partial charge in [-0.25, -0.2) is 14.2 Å². The molecule has 8 heteroatoms. The summed E-state index contributed by atoms with van der Waals surface area (Å²) in [6.45, 7) is 6.31. The first kappa shape index (κ1) is 20.9. The number of rotatable bonds is 5. The van der Waals surface area contributed by atoms with Crippen LogP contribution < -0.4 is 15.5 Å². The third-order valence-electron chi connectivity index (χ3n) is 5.57. The molecule has 1 aliphatic rings. The van der Waals surface area contributed by atoms with Gasteiger partial charge in [0.2, 0.25) is 0 Å². The minimum Gasteiger partial charge on any atom is -0.369 e. The van der Waals surface area contributed by atoms with Gasteiger partial charge >= 0.3 is 6.03 Å². The first-order chi connectivity index (χ1) is 15.0. The standard InChI is InChI=1S/C23H27FN6O/c1-17-13-19(29-11-9-28(2)10-12-29)4-5-21(17)27-23(31)26-15-18-3-6-22(20(24)14-18)30-8-7-25-16-30/h3-8,13-14,16H,9-12,15H2,1-2H3,(H2,26,27,31). The van der Waals surface area contributed by atoms with Crippen LogP contribution in [0.3, 0.4) is 0 Å². The maximum Gasteiger partial charge on any atom is 0.319 e. The Morgan fingerprint density at radius 1 is 1.13 bits per heavy atom. The number of imidazole rings is 1. The predicted molar refractivity (Wildman–Crippen MR) is 120 cm³/mol. The maximum absolute atomic E-state index is 14.4. The molecule has 3 aromatic rings. The molecular weight excluding hydrogens is 395 g/mol. The molecule has 0 saturated carbocycles. The lowest BCUT2D eigenvalue weighted by Crippen LogP contribution is -2.44. The topological polar surface area (TPSA) is 65.4 Å². The molecule has 1 fully saturated rings. The van der Waals surface area contributed by atoms with Crippen LogP contribution in [0.1, 0.15) is 11.1 Å². The zero-order chi connectivity index (χ0) is 21.8. The molecule has 1 aromatic heterocycles. The highest BCUT2D eigenvalue weighted by Gasteiger charge is 2.15. The molecule has 0 bridgehead atoms. The molecule has 7 nitrogen and oxygen atoms in total. The van der Waals surface area contributed by atoms with Crippen molar-refractivity contribution < 1.29 is 9.18 Å². The molecule has 31 heavy (non-hydrogen) atoms. The summed E-state index contributed by atoms with van der Waals surface area (Å²) in [7, 11) is 2.14. The van der Waals surface area contributed by atoms with Crippen LogP contribution in [0.25, 0.3) is 5.69 Å². The Hall–Kier alpha value is -3.39. The number of benzene rings is 2. The fourth-order valence-electron chi connectivity index (χ4n) is 3.67. The van der Waals surface area contributed by atoms with Crippen molar-refractivity contribution in [1.29, 1.82) is 0 Å². The Balaban J connectivity index is 1.33. The average Bonchev–Trinajstić information content (AvgIpc) is 3.29. The molecule has 2 aromatic carbocycles. The van der Waals surface area contributed by atoms with E-state index in [0.717, 1.165) is 37.4 Å². The van der Waals surface area contributed by atoms with Crippen molar-refractivity contribution in [3.8, 4) is 5.69 Å². The summed E-state index contributed by atoms with van der Waals surface area (Å²) in [4.78, 5) is 21.0. The molecule has 2 heterocycles. The van der Waals surface area contributed by atoms with Crippen LogP contribution in [0.2, 0.25) is 0 Å². The lowest BCUT2D eigenvalue weighted by Gasteiger charge is -2.34. The molecule has 0 atom stereocenters. The van der Waals surface area contributed by atoms with E-state index in [2.05, 4.69) is 38.5 Å². The zero-order valence-electron chi connectivity index (χ0n) is 17.8. The fraction of sp³-hybridized carbons (Fsp3) is 0.304. The molecule has 1 aliphatic heterocycles. The summed E-state index contributed by atoms with van der Waals surface area (Å²) in [6.07, 6.45) is 4.82. The first-order valence-corrected chi connectivity index (χ1v) is 10.4. The predicted octanol–water partition coefficient (Wildman–Crippen LogP) is 3.39. The van der Waals surface area contributed by atoms with E-state index in [1.54, 1.807) is 35.4 Å². The Labute approximate surface area is 181 Å². The number of carbonyl (C=O) groups is 1. The number of anilines is 2. The Morgan fingerprint density at radius 2 is 1.94 bits per heavy atom. The lowest BCUT2D eigenvalue weighted by molar-refractivity contribution is 0.251. The van der Waals surface area contributed by atoms with Crippen molar-refractivity contribution in [1.82, 2.24) is 19.8 Å². The summed E-state index contributed by atoms with van der Waals surface area (Å²) < 4.78 is 16.0. The van der Waals surface area contributed by atoms with Crippen molar-refractivity contribution in [2.24, 2.45) is 0 Å². The van der Waals surface area contributed by atoms with E-state index in [-0.39, 0.29) is 18.4 Å². The second-order valence-corrected chi connectivity index (χ2v) is 7.85. The summed E-state index contributed by atoms with van der Waals surface area (Å²) >= 11 is 0. The SMILES string of the molecule is Cc1cc(N2CCN(C)CC2)ccc1NC(=O)NCc1ccc(-n2ccnc2)c(F)c1. The molecule has 162 valence electrons. The van der Waals surface area contributed by atoms with Gasteiger partial charge < -0.3 is 25.0 Å². The van der Waals surface area contributed by atoms with E-state index in [1.165, 1.54) is 11.8 Å². The molecule has 1 saturated heterocycles. The van der Waals surface area contributed by atoms with Crippen LogP contribution in [0, 0.1) is 12.7 Å². The molecule has 0 spiro atoms. The van der Waals surface area contributed by atoms with Crippen molar-refractivity contribution in [2.45, 2.75) is 13.5 Å². The van der Waals surface area contributed by atoms with E-state index in [9.17, 15) is 9.18 Å². The molecule has 0 aliphatic carbocycles.